The third-order valence-electron chi connectivity index (χ3n) is 6.30. The zero-order chi connectivity index (χ0) is 23.1. The second-order valence-corrected chi connectivity index (χ2v) is 9.08. The Morgan fingerprint density at radius 1 is 0.848 bits per heavy atom. The molecule has 1 saturated heterocycles. The maximum Gasteiger partial charge on any atom is 0.174 e. The van der Waals surface area contributed by atoms with Crippen molar-refractivity contribution in [1.82, 2.24) is 19.9 Å². The van der Waals surface area contributed by atoms with Gasteiger partial charge in [0.2, 0.25) is 0 Å². The Morgan fingerprint density at radius 2 is 1.67 bits per heavy atom. The van der Waals surface area contributed by atoms with Crippen LogP contribution < -0.4 is 10.2 Å². The fourth-order valence-electron chi connectivity index (χ4n) is 4.81. The molecule has 0 amide bonds. The summed E-state index contributed by atoms with van der Waals surface area (Å²) in [5.41, 5.74) is 7.94. The number of anilines is 1. The maximum absolute atomic E-state index is 5.88. The third kappa shape index (κ3) is 3.80. The van der Waals surface area contributed by atoms with E-state index in [9.17, 15) is 0 Å². The van der Waals surface area contributed by atoms with Gasteiger partial charge >= 0.3 is 0 Å². The van der Waals surface area contributed by atoms with Crippen LogP contribution in [0.5, 0.6) is 0 Å². The van der Waals surface area contributed by atoms with Crippen LogP contribution in [0.1, 0.15) is 45.9 Å². The Morgan fingerprint density at radius 3 is 2.39 bits per heavy atom. The predicted molar refractivity (Wildman–Crippen MR) is 137 cm³/mol. The van der Waals surface area contributed by atoms with Crippen LogP contribution in [0.3, 0.4) is 0 Å². The largest absolute Gasteiger partial charge is 0.351 e. The molecule has 1 N–H and O–H groups in total. The van der Waals surface area contributed by atoms with Crippen LogP contribution in [0, 0.1) is 27.7 Å². The minimum absolute atomic E-state index is 0.0426. The SMILES string of the molecule is Cc1cccc(N2C(=S)N[C@H](c3ccccn3)[C@H]2c2cc(C)n(-c3cc(C)ccn3)c2C)c1. The number of nitrogens with zero attached hydrogens (tertiary/aromatic N) is 4. The molecule has 4 aromatic rings. The van der Waals surface area contributed by atoms with Crippen molar-refractivity contribution in [3.63, 3.8) is 0 Å². The lowest BCUT2D eigenvalue weighted by Crippen LogP contribution is -2.29. The lowest BCUT2D eigenvalue weighted by molar-refractivity contribution is 0.565. The summed E-state index contributed by atoms with van der Waals surface area (Å²) < 4.78 is 2.23. The van der Waals surface area contributed by atoms with Gasteiger partial charge in [-0.05, 0) is 99.1 Å². The molecule has 1 aliphatic rings. The molecule has 0 bridgehead atoms. The van der Waals surface area contributed by atoms with Gasteiger partial charge in [0.25, 0.3) is 0 Å². The van der Waals surface area contributed by atoms with Gasteiger partial charge in [-0.1, -0.05) is 18.2 Å². The Balaban J connectivity index is 1.69. The van der Waals surface area contributed by atoms with Crippen molar-refractivity contribution in [3.8, 4) is 5.82 Å². The number of hydrogen-bond donors (Lipinski definition) is 1. The van der Waals surface area contributed by atoms with Crippen molar-refractivity contribution < 1.29 is 0 Å². The van der Waals surface area contributed by atoms with Crippen molar-refractivity contribution in [2.24, 2.45) is 0 Å². The first-order chi connectivity index (χ1) is 15.9. The summed E-state index contributed by atoms with van der Waals surface area (Å²) in [7, 11) is 0. The number of pyridine rings is 2. The first kappa shape index (κ1) is 21.3. The number of aromatic nitrogens is 3. The summed E-state index contributed by atoms with van der Waals surface area (Å²) in [6.45, 7) is 8.50. The Kier molecular flexibility index (Phi) is 5.46. The summed E-state index contributed by atoms with van der Waals surface area (Å²) in [6.07, 6.45) is 3.71. The van der Waals surface area contributed by atoms with E-state index in [1.54, 1.807) is 0 Å². The second-order valence-electron chi connectivity index (χ2n) is 8.69. The number of hydrogen-bond acceptors (Lipinski definition) is 3. The maximum atomic E-state index is 5.88. The fourth-order valence-corrected chi connectivity index (χ4v) is 5.15. The Bertz CT molecular complexity index is 1330. The molecular formula is C27H27N5S. The van der Waals surface area contributed by atoms with E-state index in [4.69, 9.17) is 12.2 Å². The minimum Gasteiger partial charge on any atom is -0.351 e. The molecule has 1 aliphatic heterocycles. The number of aryl methyl sites for hydroxylation is 3. The van der Waals surface area contributed by atoms with E-state index in [-0.39, 0.29) is 12.1 Å². The fraction of sp³-hybridized carbons (Fsp3) is 0.222. The predicted octanol–water partition coefficient (Wildman–Crippen LogP) is 5.68. The van der Waals surface area contributed by atoms with E-state index in [1.165, 1.54) is 16.7 Å². The zero-order valence-electron chi connectivity index (χ0n) is 19.3. The van der Waals surface area contributed by atoms with E-state index in [1.807, 2.05) is 30.6 Å². The van der Waals surface area contributed by atoms with Crippen LogP contribution in [0.4, 0.5) is 5.69 Å². The molecule has 166 valence electrons. The van der Waals surface area contributed by atoms with E-state index in [2.05, 4.69) is 94.9 Å². The van der Waals surface area contributed by atoms with E-state index in [0.29, 0.717) is 5.11 Å². The third-order valence-corrected chi connectivity index (χ3v) is 6.61. The molecule has 3 aromatic heterocycles. The van der Waals surface area contributed by atoms with E-state index >= 15 is 0 Å². The molecule has 0 saturated carbocycles. The first-order valence-electron chi connectivity index (χ1n) is 11.1. The average Bonchev–Trinajstić information content (AvgIpc) is 3.29. The molecule has 6 heteroatoms. The molecular weight excluding hydrogens is 426 g/mol. The monoisotopic (exact) mass is 453 g/mol. The van der Waals surface area contributed by atoms with Gasteiger partial charge in [-0.2, -0.15) is 0 Å². The highest BCUT2D eigenvalue weighted by Crippen LogP contribution is 2.43. The molecule has 2 atom stereocenters. The molecule has 1 aromatic carbocycles. The highest BCUT2D eigenvalue weighted by atomic mass is 32.1. The van der Waals surface area contributed by atoms with Gasteiger partial charge in [0.15, 0.2) is 5.11 Å². The number of thiocarbonyl (C=S) groups is 1. The van der Waals surface area contributed by atoms with Gasteiger partial charge in [0.05, 0.1) is 17.8 Å². The molecule has 0 aliphatic carbocycles. The van der Waals surface area contributed by atoms with Gasteiger partial charge < -0.3 is 14.8 Å². The van der Waals surface area contributed by atoms with Crippen LogP contribution in [0.2, 0.25) is 0 Å². The summed E-state index contributed by atoms with van der Waals surface area (Å²) in [4.78, 5) is 11.6. The number of rotatable bonds is 4. The van der Waals surface area contributed by atoms with Crippen LogP contribution in [-0.4, -0.2) is 19.6 Å². The van der Waals surface area contributed by atoms with Crippen molar-refractivity contribution in [1.29, 1.82) is 0 Å². The minimum atomic E-state index is -0.0707. The Hall–Kier alpha value is -3.51. The lowest BCUT2D eigenvalue weighted by Gasteiger charge is -2.28. The van der Waals surface area contributed by atoms with Crippen LogP contribution >= 0.6 is 12.2 Å². The topological polar surface area (TPSA) is 46.0 Å². The molecule has 0 unspecified atom stereocenters. The summed E-state index contributed by atoms with van der Waals surface area (Å²) >= 11 is 5.88. The zero-order valence-corrected chi connectivity index (χ0v) is 20.1. The van der Waals surface area contributed by atoms with Crippen molar-refractivity contribution in [2.45, 2.75) is 39.8 Å². The van der Waals surface area contributed by atoms with Crippen LogP contribution in [0.15, 0.2) is 73.1 Å². The normalized spacial score (nSPS) is 17.9. The van der Waals surface area contributed by atoms with Crippen LogP contribution in [0.25, 0.3) is 5.82 Å². The van der Waals surface area contributed by atoms with Gasteiger partial charge in [-0.25, -0.2) is 4.98 Å². The van der Waals surface area contributed by atoms with Gasteiger partial charge in [0, 0.05) is 29.5 Å². The van der Waals surface area contributed by atoms with Crippen molar-refractivity contribution in [2.75, 3.05) is 4.90 Å². The van der Waals surface area contributed by atoms with Crippen molar-refractivity contribution in [3.05, 3.63) is 107 Å². The van der Waals surface area contributed by atoms with Gasteiger partial charge in [-0.15, -0.1) is 0 Å². The quantitative estimate of drug-likeness (QED) is 0.403. The summed E-state index contributed by atoms with van der Waals surface area (Å²) in [5, 5.41) is 4.27. The lowest BCUT2D eigenvalue weighted by atomic mass is 9.96. The number of benzene rings is 1. The van der Waals surface area contributed by atoms with E-state index in [0.717, 1.165) is 28.6 Å². The van der Waals surface area contributed by atoms with Gasteiger partial charge in [-0.3, -0.25) is 4.98 Å². The molecule has 33 heavy (non-hydrogen) atoms. The van der Waals surface area contributed by atoms with Gasteiger partial charge in [0.1, 0.15) is 5.82 Å². The summed E-state index contributed by atoms with van der Waals surface area (Å²) in [5.74, 6) is 0.932. The molecule has 1 fully saturated rings. The molecule has 5 rings (SSSR count). The summed E-state index contributed by atoms with van der Waals surface area (Å²) in [6, 6.07) is 20.8. The number of nitrogens with one attached hydrogen (secondary N) is 1. The highest BCUT2D eigenvalue weighted by Gasteiger charge is 2.42. The standard InChI is InChI=1S/C27H27N5S/c1-17-8-7-9-21(14-17)32-26(25(30-27(32)33)23-10-5-6-12-28-23)22-16-19(3)31(20(22)4)24-15-18(2)11-13-29-24/h5-16,25-26H,1-4H3,(H,30,33)/t25-,26-/m1/s1. The van der Waals surface area contributed by atoms with Crippen molar-refractivity contribution >= 4 is 23.0 Å². The molecule has 5 nitrogen and oxygen atoms in total. The van der Waals surface area contributed by atoms with E-state index < -0.39 is 0 Å². The second kappa shape index (κ2) is 8.45. The molecule has 4 heterocycles. The first-order valence-corrected chi connectivity index (χ1v) is 11.5. The average molecular weight is 454 g/mol. The molecule has 0 spiro atoms. The van der Waals surface area contributed by atoms with Crippen LogP contribution in [-0.2, 0) is 0 Å². The Labute approximate surface area is 200 Å². The smallest absolute Gasteiger partial charge is 0.174 e. The molecule has 0 radical (unpaired) electrons. The highest BCUT2D eigenvalue weighted by molar-refractivity contribution is 7.80.